The largest absolute Gasteiger partial charge is 0.496 e. The smallest absolute Gasteiger partial charge is 0.252 e. The van der Waals surface area contributed by atoms with E-state index in [2.05, 4.69) is 11.4 Å². The summed E-state index contributed by atoms with van der Waals surface area (Å²) in [5.41, 5.74) is 2.14. The molecule has 1 amide bonds. The van der Waals surface area contributed by atoms with Crippen molar-refractivity contribution in [2.75, 3.05) is 26.6 Å². The summed E-state index contributed by atoms with van der Waals surface area (Å²) in [4.78, 5) is 12.9. The second kappa shape index (κ2) is 9.70. The average Bonchev–Trinajstić information content (AvgIpc) is 3.29. The minimum Gasteiger partial charge on any atom is -0.496 e. The molecule has 0 saturated carbocycles. The number of anilines is 1. The molecule has 0 spiro atoms. The highest BCUT2D eigenvalue weighted by Crippen LogP contribution is 2.39. The third-order valence-electron chi connectivity index (χ3n) is 5.51. The van der Waals surface area contributed by atoms with Crippen molar-refractivity contribution >= 4 is 11.6 Å². The Morgan fingerprint density at radius 3 is 2.24 bits per heavy atom. The zero-order valence-corrected chi connectivity index (χ0v) is 19.7. The number of hydrogen-bond donors (Lipinski definition) is 1. The third kappa shape index (κ3) is 5.12. The molecule has 0 heterocycles. The number of hydrogen-bond acceptors (Lipinski definition) is 6. The van der Waals surface area contributed by atoms with Gasteiger partial charge in [-0.25, -0.2) is 0 Å². The van der Waals surface area contributed by atoms with Gasteiger partial charge in [-0.1, -0.05) is 12.1 Å². The molecule has 2 aromatic carbocycles. The fraction of sp³-hybridized carbons (Fsp3) is 0.308. The number of nitrogens with one attached hydrogen (secondary N) is 1. The Labute approximate surface area is 194 Å². The van der Waals surface area contributed by atoms with Crippen molar-refractivity contribution in [1.82, 2.24) is 0 Å². The van der Waals surface area contributed by atoms with Gasteiger partial charge in [0, 0.05) is 24.1 Å². The van der Waals surface area contributed by atoms with E-state index in [1.54, 1.807) is 31.4 Å². The van der Waals surface area contributed by atoms with Crippen LogP contribution in [0.2, 0.25) is 0 Å². The van der Waals surface area contributed by atoms with E-state index in [0.717, 1.165) is 11.1 Å². The molecular weight excluding hydrogens is 420 g/mol. The van der Waals surface area contributed by atoms with Crippen LogP contribution in [0.1, 0.15) is 31.4 Å². The first-order valence-corrected chi connectivity index (χ1v) is 10.4. The summed E-state index contributed by atoms with van der Waals surface area (Å²) in [6, 6.07) is 11.4. The van der Waals surface area contributed by atoms with Crippen LogP contribution in [0.5, 0.6) is 23.0 Å². The van der Waals surface area contributed by atoms with Gasteiger partial charge in [0.1, 0.15) is 34.4 Å². The van der Waals surface area contributed by atoms with Gasteiger partial charge in [-0.05, 0) is 50.1 Å². The van der Waals surface area contributed by atoms with Gasteiger partial charge in [-0.2, -0.15) is 5.26 Å². The Balaban J connectivity index is 1.73. The molecule has 0 saturated heterocycles. The standard InChI is InChI=1S/C26H28N2O5/c1-16-7-9-18(26(2,3)15-27)12-21(16)33-19-10-8-17(11-19)25(29)28-24-22(31-5)13-20(30-4)14-23(24)32-6/h7-10,12-14H,11H2,1-6H3,(H,28,29). The van der Waals surface area contributed by atoms with Crippen molar-refractivity contribution in [1.29, 1.82) is 5.26 Å². The normalized spacial score (nSPS) is 12.9. The van der Waals surface area contributed by atoms with Gasteiger partial charge < -0.3 is 24.3 Å². The summed E-state index contributed by atoms with van der Waals surface area (Å²) in [6.45, 7) is 5.67. The highest BCUT2D eigenvalue weighted by Gasteiger charge is 2.24. The van der Waals surface area contributed by atoms with Crippen LogP contribution in [0.4, 0.5) is 5.69 Å². The first-order valence-electron chi connectivity index (χ1n) is 10.4. The highest BCUT2D eigenvalue weighted by atomic mass is 16.5. The van der Waals surface area contributed by atoms with Crippen molar-refractivity contribution in [2.24, 2.45) is 0 Å². The molecule has 3 rings (SSSR count). The van der Waals surface area contributed by atoms with Crippen LogP contribution in [0.15, 0.2) is 53.8 Å². The molecular formula is C26H28N2O5. The monoisotopic (exact) mass is 448 g/mol. The van der Waals surface area contributed by atoms with E-state index in [1.807, 2.05) is 39.0 Å². The van der Waals surface area contributed by atoms with Crippen LogP contribution < -0.4 is 24.3 Å². The molecule has 0 bridgehead atoms. The van der Waals surface area contributed by atoms with Gasteiger partial charge in [-0.15, -0.1) is 0 Å². The quantitative estimate of drug-likeness (QED) is 0.608. The molecule has 172 valence electrons. The molecule has 0 unspecified atom stereocenters. The zero-order chi connectivity index (χ0) is 24.2. The third-order valence-corrected chi connectivity index (χ3v) is 5.51. The highest BCUT2D eigenvalue weighted by molar-refractivity contribution is 6.06. The van der Waals surface area contributed by atoms with Crippen LogP contribution in [-0.4, -0.2) is 27.2 Å². The van der Waals surface area contributed by atoms with E-state index in [4.69, 9.17) is 18.9 Å². The molecule has 0 aliphatic heterocycles. The lowest BCUT2D eigenvalue weighted by Crippen LogP contribution is -2.16. The SMILES string of the molecule is COc1cc(OC)c(NC(=O)C2=CC=C(Oc3cc(C(C)(C)C#N)ccc3C)C2)c(OC)c1. The van der Waals surface area contributed by atoms with E-state index in [1.165, 1.54) is 14.2 Å². The number of methoxy groups -OCH3 is 3. The molecule has 0 aromatic heterocycles. The predicted molar refractivity (Wildman–Crippen MR) is 126 cm³/mol. The number of benzene rings is 2. The fourth-order valence-corrected chi connectivity index (χ4v) is 3.35. The van der Waals surface area contributed by atoms with Gasteiger partial charge in [0.25, 0.3) is 5.91 Å². The fourth-order valence-electron chi connectivity index (χ4n) is 3.35. The molecule has 2 aromatic rings. The molecule has 1 N–H and O–H groups in total. The van der Waals surface area contributed by atoms with Crippen molar-refractivity contribution < 1.29 is 23.7 Å². The number of aryl methyl sites for hydroxylation is 1. The van der Waals surface area contributed by atoms with Crippen molar-refractivity contribution in [3.63, 3.8) is 0 Å². The van der Waals surface area contributed by atoms with Crippen LogP contribution in [-0.2, 0) is 10.2 Å². The van der Waals surface area contributed by atoms with Crippen LogP contribution in [0, 0.1) is 18.3 Å². The number of carbonyl (C=O) groups is 1. The van der Waals surface area contributed by atoms with Gasteiger partial charge in [0.2, 0.25) is 0 Å². The molecule has 7 heteroatoms. The number of carbonyl (C=O) groups excluding carboxylic acids is 1. The molecule has 0 radical (unpaired) electrons. The Morgan fingerprint density at radius 1 is 1.00 bits per heavy atom. The van der Waals surface area contributed by atoms with Crippen LogP contribution in [0.3, 0.4) is 0 Å². The number of nitrogens with zero attached hydrogens (tertiary/aromatic N) is 1. The number of nitriles is 1. The summed E-state index contributed by atoms with van der Waals surface area (Å²) in [6.07, 6.45) is 3.84. The zero-order valence-electron chi connectivity index (χ0n) is 19.7. The van der Waals surface area contributed by atoms with E-state index < -0.39 is 5.41 Å². The minimum atomic E-state index is -0.629. The summed E-state index contributed by atoms with van der Waals surface area (Å²) >= 11 is 0. The minimum absolute atomic E-state index is 0.289. The number of rotatable bonds is 8. The average molecular weight is 449 g/mol. The summed E-state index contributed by atoms with van der Waals surface area (Å²) < 4.78 is 22.1. The number of ether oxygens (including phenoxy) is 4. The molecule has 7 nitrogen and oxygen atoms in total. The topological polar surface area (TPSA) is 89.8 Å². The first kappa shape index (κ1) is 23.7. The van der Waals surface area contributed by atoms with E-state index in [9.17, 15) is 10.1 Å². The van der Waals surface area contributed by atoms with E-state index in [-0.39, 0.29) is 5.91 Å². The maximum Gasteiger partial charge on any atom is 0.252 e. The van der Waals surface area contributed by atoms with Gasteiger partial charge in [0.15, 0.2) is 0 Å². The second-order valence-corrected chi connectivity index (χ2v) is 8.18. The summed E-state index contributed by atoms with van der Waals surface area (Å²) in [5, 5.41) is 12.3. The number of amides is 1. The van der Waals surface area contributed by atoms with Crippen molar-refractivity contribution in [3.05, 3.63) is 64.9 Å². The lowest BCUT2D eigenvalue weighted by atomic mass is 9.86. The van der Waals surface area contributed by atoms with Crippen LogP contribution in [0.25, 0.3) is 0 Å². The predicted octanol–water partition coefficient (Wildman–Crippen LogP) is 5.05. The Kier molecular flexibility index (Phi) is 6.98. The summed E-state index contributed by atoms with van der Waals surface area (Å²) in [5.74, 6) is 2.42. The van der Waals surface area contributed by atoms with Crippen LogP contribution >= 0.6 is 0 Å². The first-order chi connectivity index (χ1) is 15.7. The number of allylic oxidation sites excluding steroid dienone is 3. The van der Waals surface area contributed by atoms with Gasteiger partial charge in [-0.3, -0.25) is 4.79 Å². The Hall–Kier alpha value is -3.92. The lowest BCUT2D eigenvalue weighted by molar-refractivity contribution is -0.113. The molecule has 0 atom stereocenters. The maximum atomic E-state index is 12.9. The summed E-state index contributed by atoms with van der Waals surface area (Å²) in [7, 11) is 4.56. The van der Waals surface area contributed by atoms with Crippen molar-refractivity contribution in [2.45, 2.75) is 32.6 Å². The Bertz CT molecular complexity index is 1150. The molecule has 33 heavy (non-hydrogen) atoms. The van der Waals surface area contributed by atoms with E-state index >= 15 is 0 Å². The second-order valence-electron chi connectivity index (χ2n) is 8.18. The molecule has 1 aliphatic rings. The van der Waals surface area contributed by atoms with Gasteiger partial charge in [0.05, 0.1) is 32.8 Å². The Morgan fingerprint density at radius 2 is 1.67 bits per heavy atom. The van der Waals surface area contributed by atoms with Crippen molar-refractivity contribution in [3.8, 4) is 29.1 Å². The maximum absolute atomic E-state index is 12.9. The van der Waals surface area contributed by atoms with E-state index in [0.29, 0.717) is 46.4 Å². The molecule has 0 fully saturated rings. The van der Waals surface area contributed by atoms with Gasteiger partial charge >= 0.3 is 0 Å². The lowest BCUT2D eigenvalue weighted by Gasteiger charge is -2.19. The molecule has 1 aliphatic carbocycles.